The summed E-state index contributed by atoms with van der Waals surface area (Å²) >= 11 is 0.429. The average Bonchev–Trinajstić information content (AvgIpc) is 3.39. The lowest BCUT2D eigenvalue weighted by molar-refractivity contribution is -0.613. The van der Waals surface area contributed by atoms with Crippen LogP contribution in [0.15, 0.2) is 65.6 Å². The quantitative estimate of drug-likeness (QED) is 0.0485. The molecule has 0 radical (unpaired) electrons. The van der Waals surface area contributed by atoms with Crippen LogP contribution in [0.1, 0.15) is 28.5 Å². The number of H-pyrrole nitrogens is 1. The molecule has 46 heavy (non-hydrogen) atoms. The van der Waals surface area contributed by atoms with E-state index in [2.05, 4.69) is 20.4 Å². The van der Waals surface area contributed by atoms with Gasteiger partial charge in [0, 0.05) is 43.8 Å². The maximum atomic E-state index is 13.1. The number of pyridine rings is 1. The number of esters is 2. The van der Waals surface area contributed by atoms with E-state index in [0.717, 1.165) is 28.0 Å². The summed E-state index contributed by atoms with van der Waals surface area (Å²) in [6, 6.07) is 14.5. The summed E-state index contributed by atoms with van der Waals surface area (Å²) in [6.45, 7) is 0.949. The summed E-state index contributed by atoms with van der Waals surface area (Å²) in [4.78, 5) is 36.6. The molecule has 0 aliphatic rings. The van der Waals surface area contributed by atoms with Crippen molar-refractivity contribution in [2.24, 2.45) is 0 Å². The van der Waals surface area contributed by atoms with E-state index < -0.39 is 41.0 Å². The van der Waals surface area contributed by atoms with Crippen molar-refractivity contribution in [1.29, 1.82) is 0 Å². The van der Waals surface area contributed by atoms with Gasteiger partial charge in [0.2, 0.25) is 0 Å². The summed E-state index contributed by atoms with van der Waals surface area (Å²) in [6.07, 6.45) is -9.94. The van der Waals surface area contributed by atoms with Crippen LogP contribution in [0.4, 0.5) is 26.3 Å². The molecule has 0 aliphatic carbocycles. The molecular formula is C29H26F6N4O6S. The van der Waals surface area contributed by atoms with Crippen molar-refractivity contribution in [2.45, 2.75) is 37.8 Å². The average molecular weight is 673 g/mol. The Balaban J connectivity index is 1.41. The molecule has 1 atom stereocenters. The molecule has 4 aromatic rings. The molecule has 2 heterocycles. The minimum absolute atomic E-state index is 0.124. The van der Waals surface area contributed by atoms with Crippen LogP contribution in [0.3, 0.4) is 0 Å². The Morgan fingerprint density at radius 1 is 0.913 bits per heavy atom. The number of hydrogen-bond donors (Lipinski definition) is 3. The van der Waals surface area contributed by atoms with Crippen LogP contribution >= 0.6 is 11.3 Å². The number of alkyl halides is 6. The van der Waals surface area contributed by atoms with Crippen LogP contribution in [0.2, 0.25) is 0 Å². The Kier molecular flexibility index (Phi) is 11.0. The molecule has 0 amide bonds. The number of benzene rings is 2. The molecule has 2 aromatic carbocycles. The first kappa shape index (κ1) is 34.4. The van der Waals surface area contributed by atoms with E-state index in [-0.39, 0.29) is 28.9 Å². The van der Waals surface area contributed by atoms with Crippen LogP contribution in [0, 0.1) is 5.21 Å². The van der Waals surface area contributed by atoms with Gasteiger partial charge in [-0.1, -0.05) is 41.7 Å². The smallest absolute Gasteiger partial charge is 0.491 e. The van der Waals surface area contributed by atoms with Crippen molar-refractivity contribution in [3.05, 3.63) is 98.1 Å². The fourth-order valence-electron chi connectivity index (χ4n) is 4.40. The van der Waals surface area contributed by atoms with Gasteiger partial charge in [0.1, 0.15) is 11.6 Å². The molecule has 0 unspecified atom stereocenters. The normalized spacial score (nSPS) is 12.7. The van der Waals surface area contributed by atoms with Crippen LogP contribution < -0.4 is 25.0 Å². The third-order valence-electron chi connectivity index (χ3n) is 6.54. The number of nitrogens with one attached hydrogen (secondary N) is 3. The standard InChI is InChI=1S/C29H26F6N4O6S/c30-28(31,32)25(40)44-21-8-7-20(24-23(21)38-27(42)46-24)22(45-26(41)29(33,34)35)16-37-11-9-17-4-3-5-18(14-17)15-36-12-10-19-6-1-2-13-39(19)43/h1-8,13-14,22,36-37H,9-12,15-16H2,(H,38,42)/t22-/m0/s1. The summed E-state index contributed by atoms with van der Waals surface area (Å²) < 4.78 is 87.2. The molecule has 4 rings (SSSR count). The second kappa shape index (κ2) is 14.7. The number of nitrogens with zero attached hydrogens (tertiary/aromatic N) is 1. The molecule has 3 N–H and O–H groups in total. The summed E-state index contributed by atoms with van der Waals surface area (Å²) in [5.74, 6) is -5.77. The predicted octanol–water partition coefficient (Wildman–Crippen LogP) is 4.00. The van der Waals surface area contributed by atoms with Crippen molar-refractivity contribution in [1.82, 2.24) is 15.6 Å². The zero-order valence-electron chi connectivity index (χ0n) is 23.7. The molecular weight excluding hydrogens is 646 g/mol. The molecule has 17 heteroatoms. The highest BCUT2D eigenvalue weighted by molar-refractivity contribution is 7.16. The fourth-order valence-corrected chi connectivity index (χ4v) is 5.31. The molecule has 246 valence electrons. The molecule has 0 spiro atoms. The number of rotatable bonds is 13. The van der Waals surface area contributed by atoms with Gasteiger partial charge in [-0.25, -0.2) is 9.59 Å². The third-order valence-corrected chi connectivity index (χ3v) is 7.47. The van der Waals surface area contributed by atoms with Crippen molar-refractivity contribution >= 4 is 33.5 Å². The van der Waals surface area contributed by atoms with Crippen LogP contribution in [0.25, 0.3) is 10.2 Å². The van der Waals surface area contributed by atoms with Crippen LogP contribution in [-0.2, 0) is 33.7 Å². The number of aromatic nitrogens is 2. The lowest BCUT2D eigenvalue weighted by Gasteiger charge is -2.21. The van der Waals surface area contributed by atoms with Gasteiger partial charge in [-0.05, 0) is 36.2 Å². The molecule has 0 saturated heterocycles. The molecule has 2 aromatic heterocycles. The van der Waals surface area contributed by atoms with Crippen molar-refractivity contribution in [2.75, 3.05) is 19.6 Å². The molecule has 10 nitrogen and oxygen atoms in total. The molecule has 0 saturated carbocycles. The van der Waals surface area contributed by atoms with E-state index in [4.69, 9.17) is 4.74 Å². The minimum atomic E-state index is -5.35. The third kappa shape index (κ3) is 9.27. The van der Waals surface area contributed by atoms with E-state index >= 15 is 0 Å². The zero-order valence-corrected chi connectivity index (χ0v) is 24.5. The largest absolute Gasteiger partial charge is 0.619 e. The number of fused-ring (bicyclic) bond motifs is 1. The van der Waals surface area contributed by atoms with E-state index in [1.54, 1.807) is 18.2 Å². The van der Waals surface area contributed by atoms with Gasteiger partial charge in [0.05, 0.1) is 4.70 Å². The van der Waals surface area contributed by atoms with E-state index in [9.17, 15) is 45.9 Å². The lowest BCUT2D eigenvalue weighted by atomic mass is 10.1. The second-order valence-corrected chi connectivity index (χ2v) is 10.9. The van der Waals surface area contributed by atoms with E-state index in [1.807, 2.05) is 24.3 Å². The predicted molar refractivity (Wildman–Crippen MR) is 153 cm³/mol. The second-order valence-electron chi connectivity index (χ2n) is 9.87. The summed E-state index contributed by atoms with van der Waals surface area (Å²) in [5.41, 5.74) is 1.97. The molecule has 0 fully saturated rings. The Labute approximate surface area is 260 Å². The first-order valence-corrected chi connectivity index (χ1v) is 14.4. The van der Waals surface area contributed by atoms with E-state index in [0.29, 0.717) is 43.0 Å². The Bertz CT molecular complexity index is 1740. The number of aromatic amines is 1. The number of ether oxygens (including phenoxy) is 2. The van der Waals surface area contributed by atoms with Crippen molar-refractivity contribution in [3.8, 4) is 5.75 Å². The molecule has 0 aliphatic heterocycles. The number of thiazole rings is 1. The first-order chi connectivity index (χ1) is 21.7. The Hall–Kier alpha value is -4.48. The summed E-state index contributed by atoms with van der Waals surface area (Å²) in [5, 5.41) is 17.9. The number of halogens is 6. The minimum Gasteiger partial charge on any atom is -0.619 e. The number of hydrogen-bond acceptors (Lipinski definition) is 9. The zero-order chi connectivity index (χ0) is 33.5. The monoisotopic (exact) mass is 672 g/mol. The highest BCUT2D eigenvalue weighted by atomic mass is 32.1. The Morgan fingerprint density at radius 2 is 1.63 bits per heavy atom. The molecule has 0 bridgehead atoms. The van der Waals surface area contributed by atoms with Crippen LogP contribution in [0.5, 0.6) is 5.75 Å². The Morgan fingerprint density at radius 3 is 2.35 bits per heavy atom. The highest BCUT2D eigenvalue weighted by Gasteiger charge is 2.43. The summed E-state index contributed by atoms with van der Waals surface area (Å²) in [7, 11) is 0. The van der Waals surface area contributed by atoms with Gasteiger partial charge in [0.25, 0.3) is 0 Å². The maximum Gasteiger partial charge on any atom is 0.491 e. The van der Waals surface area contributed by atoms with Crippen molar-refractivity contribution in [3.63, 3.8) is 0 Å². The fraction of sp³-hybridized carbons (Fsp3) is 0.310. The van der Waals surface area contributed by atoms with Gasteiger partial charge < -0.3 is 30.3 Å². The van der Waals surface area contributed by atoms with Gasteiger partial charge in [-0.3, -0.25) is 4.79 Å². The number of carbonyl (C=O) groups is 2. The lowest BCUT2D eigenvalue weighted by Crippen LogP contribution is -2.33. The highest BCUT2D eigenvalue weighted by Crippen LogP contribution is 2.35. The van der Waals surface area contributed by atoms with Gasteiger partial charge in [-0.15, -0.1) is 0 Å². The van der Waals surface area contributed by atoms with Crippen molar-refractivity contribution < 1.29 is 50.1 Å². The van der Waals surface area contributed by atoms with Gasteiger partial charge in [-0.2, -0.15) is 31.1 Å². The topological polar surface area (TPSA) is 136 Å². The van der Waals surface area contributed by atoms with Gasteiger partial charge >= 0.3 is 29.2 Å². The number of carbonyl (C=O) groups excluding carboxylic acids is 2. The van der Waals surface area contributed by atoms with Crippen LogP contribution in [-0.4, -0.2) is 48.9 Å². The SMILES string of the molecule is O=C(Oc1ccc([C@H](CNCCc2cccc(CNCCc3cccc[n+]3[O-])c2)OC(=O)C(F)(F)F)c2sc(=O)[nH]c12)C(F)(F)F. The van der Waals surface area contributed by atoms with E-state index in [1.165, 1.54) is 6.20 Å². The van der Waals surface area contributed by atoms with Gasteiger partial charge in [0.15, 0.2) is 17.6 Å². The first-order valence-electron chi connectivity index (χ1n) is 13.6. The maximum absolute atomic E-state index is 13.1.